The third-order valence-corrected chi connectivity index (χ3v) is 0.579. The zero-order chi connectivity index (χ0) is 8.53. The van der Waals surface area contributed by atoms with E-state index < -0.39 is 5.97 Å². The van der Waals surface area contributed by atoms with Gasteiger partial charge in [0.05, 0.1) is 0 Å². The lowest BCUT2D eigenvalue weighted by atomic mass is 10.5. The van der Waals surface area contributed by atoms with E-state index in [0.717, 1.165) is 6.08 Å². The Bertz CT molecular complexity index is 321. The first kappa shape index (κ1) is 8.89. The van der Waals surface area contributed by atoms with Crippen molar-refractivity contribution in [3.63, 3.8) is 0 Å². The van der Waals surface area contributed by atoms with E-state index in [4.69, 9.17) is 11.5 Å². The van der Waals surface area contributed by atoms with E-state index >= 15 is 0 Å². The average molecular weight is 144 g/mol. The number of hydrogen-bond donors (Lipinski definition) is 1. The molecule has 2 nitrogen and oxygen atoms in total. The van der Waals surface area contributed by atoms with Crippen molar-refractivity contribution < 1.29 is 9.90 Å². The van der Waals surface area contributed by atoms with Gasteiger partial charge in [0.15, 0.2) is 0 Å². The van der Waals surface area contributed by atoms with Crippen molar-refractivity contribution in [3.8, 4) is 36.0 Å². The third-order valence-electron chi connectivity index (χ3n) is 0.579. The smallest absolute Gasteiger partial charge is 0.328 e. The molecule has 0 aromatic carbocycles. The van der Waals surface area contributed by atoms with Gasteiger partial charge in [0.1, 0.15) is 0 Å². The first-order valence-electron chi connectivity index (χ1n) is 2.63. The summed E-state index contributed by atoms with van der Waals surface area (Å²) in [6, 6.07) is 0. The molecule has 0 saturated heterocycles. The molecule has 0 spiro atoms. The molecule has 0 aromatic heterocycles. The minimum Gasteiger partial charge on any atom is -0.478 e. The Labute approximate surface area is 64.9 Å². The molecule has 0 amide bonds. The standard InChI is InChI=1S/C9H4O2/c1-2-3-4-5-6-7-8-9(10)11/h1,7-8H,(H,10,11). The van der Waals surface area contributed by atoms with Gasteiger partial charge in [-0.1, -0.05) is 5.92 Å². The SMILES string of the molecule is C#CC#CC#CC=CC(=O)O. The predicted octanol–water partition coefficient (Wildman–Crippen LogP) is 0.267. The van der Waals surface area contributed by atoms with E-state index in [-0.39, 0.29) is 0 Å². The van der Waals surface area contributed by atoms with Crippen LogP contribution in [0.15, 0.2) is 12.2 Å². The monoisotopic (exact) mass is 144 g/mol. The lowest BCUT2D eigenvalue weighted by molar-refractivity contribution is -0.131. The van der Waals surface area contributed by atoms with Crippen LogP contribution in [0.3, 0.4) is 0 Å². The van der Waals surface area contributed by atoms with Crippen molar-refractivity contribution in [2.75, 3.05) is 0 Å². The summed E-state index contributed by atoms with van der Waals surface area (Å²) < 4.78 is 0. The van der Waals surface area contributed by atoms with Crippen molar-refractivity contribution in [3.05, 3.63) is 12.2 Å². The molecule has 0 saturated carbocycles. The van der Waals surface area contributed by atoms with Crippen LogP contribution in [0.1, 0.15) is 0 Å². The fraction of sp³-hybridized carbons (Fsp3) is 0. The molecule has 52 valence electrons. The van der Waals surface area contributed by atoms with Gasteiger partial charge in [-0.15, -0.1) is 6.42 Å². The number of carbonyl (C=O) groups is 1. The van der Waals surface area contributed by atoms with Crippen LogP contribution < -0.4 is 0 Å². The molecule has 0 heterocycles. The number of carboxylic acids is 1. The first-order valence-corrected chi connectivity index (χ1v) is 2.63. The summed E-state index contributed by atoms with van der Waals surface area (Å²) >= 11 is 0. The first-order chi connectivity index (χ1) is 5.27. The van der Waals surface area contributed by atoms with Crippen LogP contribution in [0.2, 0.25) is 0 Å². The van der Waals surface area contributed by atoms with E-state index in [2.05, 4.69) is 29.6 Å². The molecule has 0 bridgehead atoms. The van der Waals surface area contributed by atoms with Gasteiger partial charge in [0, 0.05) is 6.08 Å². The van der Waals surface area contributed by atoms with Gasteiger partial charge in [-0.2, -0.15) is 0 Å². The third kappa shape index (κ3) is 7.89. The summed E-state index contributed by atoms with van der Waals surface area (Å²) in [4.78, 5) is 9.87. The molecule has 2 heteroatoms. The van der Waals surface area contributed by atoms with Crippen molar-refractivity contribution in [2.45, 2.75) is 0 Å². The Morgan fingerprint density at radius 2 is 2.09 bits per heavy atom. The Morgan fingerprint density at radius 3 is 2.64 bits per heavy atom. The predicted molar refractivity (Wildman–Crippen MR) is 41.2 cm³/mol. The van der Waals surface area contributed by atoms with Gasteiger partial charge in [-0.25, -0.2) is 4.79 Å². The number of allylic oxidation sites excluding steroid dienone is 1. The molecular formula is C9H4O2. The zero-order valence-corrected chi connectivity index (χ0v) is 5.59. The van der Waals surface area contributed by atoms with Crippen molar-refractivity contribution in [1.82, 2.24) is 0 Å². The fourth-order valence-corrected chi connectivity index (χ4v) is 0.258. The highest BCUT2D eigenvalue weighted by Crippen LogP contribution is 1.68. The van der Waals surface area contributed by atoms with Crippen LogP contribution in [0.4, 0.5) is 0 Å². The summed E-state index contributed by atoms with van der Waals surface area (Å²) in [7, 11) is 0. The van der Waals surface area contributed by atoms with Crippen LogP contribution in [0, 0.1) is 36.0 Å². The van der Waals surface area contributed by atoms with E-state index in [1.165, 1.54) is 6.08 Å². The second-order valence-electron chi connectivity index (χ2n) is 1.34. The molecule has 11 heavy (non-hydrogen) atoms. The zero-order valence-electron chi connectivity index (χ0n) is 5.59. The van der Waals surface area contributed by atoms with Gasteiger partial charge in [-0.3, -0.25) is 0 Å². The molecule has 0 aromatic rings. The molecule has 0 unspecified atom stereocenters. The van der Waals surface area contributed by atoms with Crippen LogP contribution in [0.25, 0.3) is 0 Å². The largest absolute Gasteiger partial charge is 0.478 e. The molecule has 0 aliphatic rings. The lowest BCUT2D eigenvalue weighted by Crippen LogP contribution is -1.84. The number of carboxylic acid groups (broad SMARTS) is 1. The molecule has 0 fully saturated rings. The summed E-state index contributed by atoms with van der Waals surface area (Å²) in [5.41, 5.74) is 0. The highest BCUT2D eigenvalue weighted by Gasteiger charge is 1.78. The summed E-state index contributed by atoms with van der Waals surface area (Å²) in [5, 5.41) is 8.09. The minimum atomic E-state index is -1.04. The number of terminal acetylenes is 1. The van der Waals surface area contributed by atoms with Crippen LogP contribution >= 0.6 is 0 Å². The Balaban J connectivity index is 3.94. The van der Waals surface area contributed by atoms with Gasteiger partial charge >= 0.3 is 5.97 Å². The lowest BCUT2D eigenvalue weighted by Gasteiger charge is -1.69. The fourth-order valence-electron chi connectivity index (χ4n) is 0.258. The molecule has 0 radical (unpaired) electrons. The molecular weight excluding hydrogens is 140 g/mol. The molecule has 0 rings (SSSR count). The Kier molecular flexibility index (Phi) is 4.86. The molecule has 0 aliphatic carbocycles. The number of aliphatic carboxylic acids is 1. The second kappa shape index (κ2) is 6.02. The molecule has 0 atom stereocenters. The summed E-state index contributed by atoms with van der Waals surface area (Å²) in [6.45, 7) is 0. The molecule has 1 N–H and O–H groups in total. The average Bonchev–Trinajstić information content (AvgIpc) is 1.96. The van der Waals surface area contributed by atoms with Crippen molar-refractivity contribution in [1.29, 1.82) is 0 Å². The summed E-state index contributed by atoms with van der Waals surface area (Å²) in [6.07, 6.45) is 6.90. The normalized spacial score (nSPS) is 6.82. The van der Waals surface area contributed by atoms with Crippen molar-refractivity contribution >= 4 is 5.97 Å². The highest BCUT2D eigenvalue weighted by molar-refractivity contribution is 5.80. The van der Waals surface area contributed by atoms with Crippen LogP contribution in [-0.2, 0) is 4.79 Å². The minimum absolute atomic E-state index is 0.921. The molecule has 0 aliphatic heterocycles. The van der Waals surface area contributed by atoms with Gasteiger partial charge in [0.2, 0.25) is 0 Å². The van der Waals surface area contributed by atoms with Crippen LogP contribution in [-0.4, -0.2) is 11.1 Å². The maximum Gasteiger partial charge on any atom is 0.328 e. The van der Waals surface area contributed by atoms with Gasteiger partial charge in [0.25, 0.3) is 0 Å². The second-order valence-corrected chi connectivity index (χ2v) is 1.34. The van der Waals surface area contributed by atoms with Crippen molar-refractivity contribution in [2.24, 2.45) is 0 Å². The van der Waals surface area contributed by atoms with Gasteiger partial charge < -0.3 is 5.11 Å². The quantitative estimate of drug-likeness (QED) is 0.423. The number of hydrogen-bond acceptors (Lipinski definition) is 1. The highest BCUT2D eigenvalue weighted by atomic mass is 16.4. The van der Waals surface area contributed by atoms with Crippen LogP contribution in [0.5, 0.6) is 0 Å². The maximum atomic E-state index is 9.87. The van der Waals surface area contributed by atoms with E-state index in [0.29, 0.717) is 0 Å². The number of rotatable bonds is 1. The topological polar surface area (TPSA) is 37.3 Å². The maximum absolute atomic E-state index is 9.87. The summed E-state index contributed by atoms with van der Waals surface area (Å²) in [5.74, 6) is 10.3. The Morgan fingerprint density at radius 1 is 1.36 bits per heavy atom. The van der Waals surface area contributed by atoms with Gasteiger partial charge in [-0.05, 0) is 29.8 Å². The Hall–Kier alpha value is -2.11. The van der Waals surface area contributed by atoms with E-state index in [1.807, 2.05) is 0 Å². The van der Waals surface area contributed by atoms with E-state index in [1.54, 1.807) is 0 Å². The van der Waals surface area contributed by atoms with E-state index in [9.17, 15) is 4.79 Å².